The Morgan fingerprint density at radius 1 is 1.19 bits per heavy atom. The van der Waals surface area contributed by atoms with Crippen LogP contribution in [0.4, 0.5) is 29.2 Å². The van der Waals surface area contributed by atoms with Crippen molar-refractivity contribution in [2.45, 2.75) is 32.0 Å². The lowest BCUT2D eigenvalue weighted by atomic mass is 10.1. The van der Waals surface area contributed by atoms with Gasteiger partial charge in [-0.15, -0.1) is 0 Å². The molecule has 2 aromatic heterocycles. The Hall–Kier alpha value is -2.78. The molecule has 36 heavy (non-hydrogen) atoms. The van der Waals surface area contributed by atoms with E-state index in [1.54, 1.807) is 0 Å². The molecule has 0 saturated carbocycles. The van der Waals surface area contributed by atoms with Crippen molar-refractivity contribution in [2.24, 2.45) is 0 Å². The number of aromatic nitrogens is 4. The Kier molecular flexibility index (Phi) is 7.00. The summed E-state index contributed by atoms with van der Waals surface area (Å²) < 4.78 is 82.3. The van der Waals surface area contributed by atoms with E-state index in [2.05, 4.69) is 36.2 Å². The van der Waals surface area contributed by atoms with E-state index in [1.165, 1.54) is 34.1 Å². The second-order valence-electron chi connectivity index (χ2n) is 8.38. The van der Waals surface area contributed by atoms with Crippen LogP contribution in [0.1, 0.15) is 24.2 Å². The summed E-state index contributed by atoms with van der Waals surface area (Å²) >= 11 is 3.06. The van der Waals surface area contributed by atoms with Crippen molar-refractivity contribution in [2.75, 3.05) is 30.4 Å². The highest BCUT2D eigenvalue weighted by Crippen LogP contribution is 2.37. The molecule has 0 atom stereocenters. The summed E-state index contributed by atoms with van der Waals surface area (Å²) in [5.74, 6) is -0.511. The molecule has 3 N–H and O–H groups in total. The van der Waals surface area contributed by atoms with Gasteiger partial charge in [-0.25, -0.2) is 32.1 Å². The molecule has 1 aromatic carbocycles. The summed E-state index contributed by atoms with van der Waals surface area (Å²) in [7, 11) is -3.32. The summed E-state index contributed by atoms with van der Waals surface area (Å²) in [6, 6.07) is 2.63. The predicted octanol–water partition coefficient (Wildman–Crippen LogP) is 3.98. The van der Waals surface area contributed by atoms with Gasteiger partial charge in [0.15, 0.2) is 5.82 Å². The Morgan fingerprint density at radius 2 is 1.86 bits per heavy atom. The number of hydrogen-bond donors (Lipinski definition) is 2. The largest absolute Gasteiger partial charge is 0.420 e. The Balaban J connectivity index is 1.68. The zero-order valence-electron chi connectivity index (χ0n) is 19.1. The van der Waals surface area contributed by atoms with E-state index in [1.807, 2.05) is 0 Å². The van der Waals surface area contributed by atoms with Crippen molar-refractivity contribution in [1.82, 2.24) is 23.8 Å². The molecule has 9 nitrogen and oxygen atoms in total. The molecule has 0 amide bonds. The maximum Gasteiger partial charge on any atom is 0.420 e. The van der Waals surface area contributed by atoms with Gasteiger partial charge in [-0.1, -0.05) is 0 Å². The molecule has 3 aromatic rings. The zero-order valence-corrected chi connectivity index (χ0v) is 21.5. The second-order valence-corrected chi connectivity index (χ2v) is 11.2. The summed E-state index contributed by atoms with van der Waals surface area (Å²) in [4.78, 5) is 12.1. The molecule has 1 aliphatic rings. The predicted molar refractivity (Wildman–Crippen MR) is 129 cm³/mol. The fourth-order valence-corrected chi connectivity index (χ4v) is 5.15. The lowest BCUT2D eigenvalue weighted by Crippen LogP contribution is -2.42. The van der Waals surface area contributed by atoms with Crippen LogP contribution < -0.4 is 11.1 Å². The highest BCUT2D eigenvalue weighted by Gasteiger charge is 2.36. The number of nitrogens with one attached hydrogen (secondary N) is 1. The summed E-state index contributed by atoms with van der Waals surface area (Å²) in [5.41, 5.74) is 4.23. The molecule has 0 bridgehead atoms. The van der Waals surface area contributed by atoms with Crippen molar-refractivity contribution in [3.05, 3.63) is 46.2 Å². The van der Waals surface area contributed by atoms with Gasteiger partial charge in [-0.05, 0) is 47.8 Å². The standard InChI is InChI=1S/C21H22BrF4N7O2S/c1-11-29-15(10-33(11)16-4-3-14(27)17(22)18(16)23)19-13(21(24,25)26)9-28-20(31-19)30-12-5-7-32(8-6-12)36(2,34)35/h3-4,9-10,12H,5-8,27H2,1-2H3,(H,28,30,31). The Morgan fingerprint density at radius 3 is 2.47 bits per heavy atom. The van der Waals surface area contributed by atoms with Crippen LogP contribution in [0, 0.1) is 12.7 Å². The maximum absolute atomic E-state index is 14.8. The first-order valence-corrected chi connectivity index (χ1v) is 13.4. The van der Waals surface area contributed by atoms with Crippen LogP contribution in [0.5, 0.6) is 0 Å². The van der Waals surface area contributed by atoms with E-state index in [4.69, 9.17) is 5.73 Å². The smallest absolute Gasteiger partial charge is 0.398 e. The second kappa shape index (κ2) is 9.59. The number of aryl methyl sites for hydroxylation is 1. The monoisotopic (exact) mass is 591 g/mol. The van der Waals surface area contributed by atoms with E-state index in [0.29, 0.717) is 19.0 Å². The van der Waals surface area contributed by atoms with Crippen LogP contribution in [0.15, 0.2) is 29.0 Å². The number of sulfonamides is 1. The van der Waals surface area contributed by atoms with Crippen LogP contribution in [-0.4, -0.2) is 57.6 Å². The highest BCUT2D eigenvalue weighted by molar-refractivity contribution is 9.10. The summed E-state index contributed by atoms with van der Waals surface area (Å²) in [6.07, 6.45) is -0.824. The van der Waals surface area contributed by atoms with Gasteiger partial charge in [-0.3, -0.25) is 0 Å². The number of piperidine rings is 1. The van der Waals surface area contributed by atoms with E-state index >= 15 is 0 Å². The van der Waals surface area contributed by atoms with Crippen LogP contribution in [0.3, 0.4) is 0 Å². The average molecular weight is 592 g/mol. The van der Waals surface area contributed by atoms with Gasteiger partial charge in [0.1, 0.15) is 22.8 Å². The van der Waals surface area contributed by atoms with Gasteiger partial charge < -0.3 is 15.6 Å². The van der Waals surface area contributed by atoms with Crippen molar-refractivity contribution in [3.8, 4) is 17.1 Å². The number of anilines is 2. The first-order chi connectivity index (χ1) is 16.8. The van der Waals surface area contributed by atoms with E-state index < -0.39 is 33.3 Å². The van der Waals surface area contributed by atoms with Gasteiger partial charge in [0.05, 0.1) is 16.4 Å². The molecule has 4 rings (SSSR count). The molecule has 1 fully saturated rings. The Bertz CT molecular complexity index is 1400. The SMILES string of the molecule is Cc1nc(-c2nc(NC3CCN(S(C)(=O)=O)CC3)ncc2C(F)(F)F)cn1-c1ccc(N)c(Br)c1F. The van der Waals surface area contributed by atoms with Crippen molar-refractivity contribution in [3.63, 3.8) is 0 Å². The number of nitrogen functional groups attached to an aromatic ring is 1. The van der Waals surface area contributed by atoms with Gasteiger partial charge in [0, 0.05) is 37.2 Å². The summed E-state index contributed by atoms with van der Waals surface area (Å²) in [5, 5.41) is 2.99. The van der Waals surface area contributed by atoms with Gasteiger partial charge in [-0.2, -0.15) is 13.2 Å². The number of hydrogen-bond acceptors (Lipinski definition) is 7. The first kappa shape index (κ1) is 26.3. The van der Waals surface area contributed by atoms with Gasteiger partial charge in [0.2, 0.25) is 16.0 Å². The number of alkyl halides is 3. The third kappa shape index (κ3) is 5.32. The number of halogens is 5. The fourth-order valence-electron chi connectivity index (χ4n) is 3.94. The van der Waals surface area contributed by atoms with Crippen molar-refractivity contribution < 1.29 is 26.0 Å². The summed E-state index contributed by atoms with van der Waals surface area (Å²) in [6.45, 7) is 2.07. The zero-order chi connectivity index (χ0) is 26.4. The van der Waals surface area contributed by atoms with Crippen molar-refractivity contribution in [1.29, 1.82) is 0 Å². The molecule has 0 radical (unpaired) electrons. The third-order valence-corrected chi connectivity index (χ3v) is 7.94. The fraction of sp³-hybridized carbons (Fsp3) is 0.381. The quantitative estimate of drug-likeness (QED) is 0.340. The van der Waals surface area contributed by atoms with Gasteiger partial charge >= 0.3 is 6.18 Å². The number of nitrogens with two attached hydrogens (primary N) is 1. The van der Waals surface area contributed by atoms with Gasteiger partial charge in [0.25, 0.3) is 0 Å². The molecule has 0 spiro atoms. The van der Waals surface area contributed by atoms with Crippen LogP contribution >= 0.6 is 15.9 Å². The lowest BCUT2D eigenvalue weighted by Gasteiger charge is -2.30. The maximum atomic E-state index is 14.8. The molecule has 15 heteroatoms. The first-order valence-electron chi connectivity index (χ1n) is 10.7. The molecule has 0 unspecified atom stereocenters. The minimum atomic E-state index is -4.76. The topological polar surface area (TPSA) is 119 Å². The number of benzene rings is 1. The number of rotatable bonds is 5. The third-order valence-electron chi connectivity index (χ3n) is 5.83. The molecule has 0 aliphatic carbocycles. The van der Waals surface area contributed by atoms with E-state index in [0.717, 1.165) is 6.26 Å². The minimum absolute atomic E-state index is 0.0288. The molecule has 3 heterocycles. The van der Waals surface area contributed by atoms with Crippen molar-refractivity contribution >= 4 is 37.6 Å². The van der Waals surface area contributed by atoms with Crippen LogP contribution in [-0.2, 0) is 16.2 Å². The molecule has 1 aliphatic heterocycles. The van der Waals surface area contributed by atoms with Crippen LogP contribution in [0.25, 0.3) is 17.1 Å². The Labute approximate surface area is 212 Å². The minimum Gasteiger partial charge on any atom is -0.398 e. The highest BCUT2D eigenvalue weighted by atomic mass is 79.9. The van der Waals surface area contributed by atoms with Crippen LogP contribution in [0.2, 0.25) is 0 Å². The number of imidazole rings is 1. The molecular formula is C21H22BrF4N7O2S. The normalized spacial score (nSPS) is 15.9. The molecular weight excluding hydrogens is 570 g/mol. The number of nitrogens with zero attached hydrogens (tertiary/aromatic N) is 5. The molecule has 1 saturated heterocycles. The lowest BCUT2D eigenvalue weighted by molar-refractivity contribution is -0.137. The average Bonchev–Trinajstić information content (AvgIpc) is 3.18. The molecule has 194 valence electrons. The van der Waals surface area contributed by atoms with E-state index in [9.17, 15) is 26.0 Å². The van der Waals surface area contributed by atoms with E-state index in [-0.39, 0.29) is 52.4 Å².